The van der Waals surface area contributed by atoms with Gasteiger partial charge in [0.1, 0.15) is 5.75 Å². The third-order valence-corrected chi connectivity index (χ3v) is 7.57. The molecule has 0 spiro atoms. The van der Waals surface area contributed by atoms with E-state index in [9.17, 15) is 18.3 Å². The molecule has 0 aromatic heterocycles. The highest BCUT2D eigenvalue weighted by atomic mass is 79.9. The molecular formula is C20H23BrN2O4S. The number of anilines is 1. The van der Waals surface area contributed by atoms with Crippen molar-refractivity contribution in [2.24, 2.45) is 5.92 Å². The zero-order chi connectivity index (χ0) is 20.5. The van der Waals surface area contributed by atoms with E-state index in [1.54, 1.807) is 13.8 Å². The number of hydrogen-bond donors (Lipinski definition) is 2. The number of aromatic hydroxyl groups is 1. The molecule has 2 atom stereocenters. The lowest BCUT2D eigenvalue weighted by molar-refractivity contribution is -0.117. The van der Waals surface area contributed by atoms with Gasteiger partial charge in [-0.15, -0.1) is 0 Å². The minimum absolute atomic E-state index is 0.0459. The molecule has 1 fully saturated rings. The van der Waals surface area contributed by atoms with Crippen molar-refractivity contribution in [3.05, 3.63) is 52.5 Å². The summed E-state index contributed by atoms with van der Waals surface area (Å²) in [6.07, 6.45) is 0.728. The Bertz CT molecular complexity index is 972. The maximum absolute atomic E-state index is 12.7. The van der Waals surface area contributed by atoms with Gasteiger partial charge < -0.3 is 10.4 Å². The second kappa shape index (κ2) is 8.23. The summed E-state index contributed by atoms with van der Waals surface area (Å²) in [6.45, 7) is 4.22. The van der Waals surface area contributed by atoms with E-state index < -0.39 is 10.0 Å². The Balaban J connectivity index is 1.76. The maximum atomic E-state index is 12.7. The molecule has 0 saturated heterocycles. The fourth-order valence-electron chi connectivity index (χ4n) is 3.28. The first-order valence-corrected chi connectivity index (χ1v) is 11.4. The number of halogens is 1. The number of carbonyl (C=O) groups excluding carboxylic acids is 1. The van der Waals surface area contributed by atoms with Gasteiger partial charge in [-0.1, -0.05) is 41.9 Å². The number of hydrogen-bond acceptors (Lipinski definition) is 4. The highest BCUT2D eigenvalue weighted by Gasteiger charge is 2.44. The lowest BCUT2D eigenvalue weighted by Crippen LogP contribution is -2.30. The largest absolute Gasteiger partial charge is 0.506 e. The minimum atomic E-state index is -3.67. The summed E-state index contributed by atoms with van der Waals surface area (Å²) < 4.78 is 27.7. The molecule has 0 bridgehead atoms. The van der Waals surface area contributed by atoms with E-state index in [-0.39, 0.29) is 34.1 Å². The summed E-state index contributed by atoms with van der Waals surface area (Å²) in [7, 11) is -3.67. The van der Waals surface area contributed by atoms with Crippen molar-refractivity contribution in [1.29, 1.82) is 0 Å². The average molecular weight is 467 g/mol. The molecule has 150 valence electrons. The van der Waals surface area contributed by atoms with Gasteiger partial charge in [0.05, 0.1) is 10.6 Å². The van der Waals surface area contributed by atoms with Crippen molar-refractivity contribution in [2.75, 3.05) is 18.4 Å². The van der Waals surface area contributed by atoms with Crippen LogP contribution in [0.3, 0.4) is 0 Å². The van der Waals surface area contributed by atoms with Crippen LogP contribution in [0.15, 0.2) is 51.8 Å². The number of benzene rings is 2. The van der Waals surface area contributed by atoms with E-state index in [1.165, 1.54) is 22.5 Å². The first-order chi connectivity index (χ1) is 13.3. The van der Waals surface area contributed by atoms with E-state index in [4.69, 9.17) is 0 Å². The molecule has 0 aliphatic heterocycles. The molecule has 0 heterocycles. The predicted molar refractivity (Wildman–Crippen MR) is 112 cm³/mol. The molecule has 2 aromatic rings. The second-order valence-corrected chi connectivity index (χ2v) is 9.61. The maximum Gasteiger partial charge on any atom is 0.243 e. The number of carbonyl (C=O) groups is 1. The van der Waals surface area contributed by atoms with Crippen LogP contribution in [0.25, 0.3) is 0 Å². The van der Waals surface area contributed by atoms with E-state index >= 15 is 0 Å². The number of rotatable bonds is 7. The fraction of sp³-hybridized carbons (Fsp3) is 0.350. The summed E-state index contributed by atoms with van der Waals surface area (Å²) in [5.74, 6) is -0.435. The summed E-state index contributed by atoms with van der Waals surface area (Å²) in [5.41, 5.74) is 1.20. The van der Waals surface area contributed by atoms with Crippen molar-refractivity contribution in [3.8, 4) is 5.75 Å². The second-order valence-electron chi connectivity index (χ2n) is 6.76. The standard InChI is InChI=1S/C20H23BrN2O4S/c1-3-23(4-2)28(26,27)15-9-10-19(24)18(11-15)22-20(25)17-12-16(17)13-5-7-14(21)8-6-13/h5-11,16-17,24H,3-4,12H2,1-2H3,(H,22,25). The Morgan fingerprint density at radius 2 is 1.82 bits per heavy atom. The van der Waals surface area contributed by atoms with Crippen molar-refractivity contribution in [1.82, 2.24) is 4.31 Å². The predicted octanol–water partition coefficient (Wildman–Crippen LogP) is 3.93. The van der Waals surface area contributed by atoms with Gasteiger partial charge in [-0.25, -0.2) is 8.42 Å². The molecule has 1 amide bonds. The van der Waals surface area contributed by atoms with Crippen LogP contribution in [0.4, 0.5) is 5.69 Å². The molecule has 1 aliphatic carbocycles. The van der Waals surface area contributed by atoms with Crippen LogP contribution in [0.2, 0.25) is 0 Å². The molecule has 2 unspecified atom stereocenters. The third-order valence-electron chi connectivity index (χ3n) is 4.99. The molecule has 28 heavy (non-hydrogen) atoms. The van der Waals surface area contributed by atoms with Gasteiger partial charge in [0.2, 0.25) is 15.9 Å². The van der Waals surface area contributed by atoms with Gasteiger partial charge in [-0.05, 0) is 48.2 Å². The van der Waals surface area contributed by atoms with Gasteiger partial charge in [0.15, 0.2) is 0 Å². The van der Waals surface area contributed by atoms with Crippen LogP contribution in [0.5, 0.6) is 5.75 Å². The minimum Gasteiger partial charge on any atom is -0.506 e. The number of nitrogens with zero attached hydrogens (tertiary/aromatic N) is 1. The monoisotopic (exact) mass is 466 g/mol. The van der Waals surface area contributed by atoms with Gasteiger partial charge >= 0.3 is 0 Å². The van der Waals surface area contributed by atoms with Crippen molar-refractivity contribution >= 4 is 37.5 Å². The molecular weight excluding hydrogens is 444 g/mol. The number of sulfonamides is 1. The van der Waals surface area contributed by atoms with Gasteiger partial charge in [0, 0.05) is 23.5 Å². The van der Waals surface area contributed by atoms with Crippen LogP contribution >= 0.6 is 15.9 Å². The normalized spacial score (nSPS) is 18.9. The van der Waals surface area contributed by atoms with Crippen LogP contribution in [0.1, 0.15) is 31.7 Å². The molecule has 2 aromatic carbocycles. The molecule has 8 heteroatoms. The van der Waals surface area contributed by atoms with Gasteiger partial charge in [-0.2, -0.15) is 4.31 Å². The van der Waals surface area contributed by atoms with Crippen LogP contribution in [-0.4, -0.2) is 36.8 Å². The number of phenolic OH excluding ortho intramolecular Hbond substituents is 1. The summed E-state index contributed by atoms with van der Waals surface area (Å²) in [4.78, 5) is 12.6. The quantitative estimate of drug-likeness (QED) is 0.605. The Kier molecular flexibility index (Phi) is 6.12. The number of amides is 1. The average Bonchev–Trinajstić information content (AvgIpc) is 3.45. The zero-order valence-corrected chi connectivity index (χ0v) is 18.1. The van der Waals surface area contributed by atoms with Crippen LogP contribution in [0, 0.1) is 5.92 Å². The summed E-state index contributed by atoms with van der Waals surface area (Å²) in [6, 6.07) is 11.8. The smallest absolute Gasteiger partial charge is 0.243 e. The Morgan fingerprint density at radius 3 is 2.43 bits per heavy atom. The Labute approximate surface area is 173 Å². The summed E-state index contributed by atoms with van der Waals surface area (Å²) in [5, 5.41) is 12.8. The van der Waals surface area contributed by atoms with E-state index in [1.807, 2.05) is 24.3 Å². The molecule has 1 aliphatic rings. The van der Waals surface area contributed by atoms with Crippen molar-refractivity contribution in [3.63, 3.8) is 0 Å². The van der Waals surface area contributed by atoms with E-state index in [0.717, 1.165) is 16.5 Å². The first-order valence-electron chi connectivity index (χ1n) is 9.17. The molecule has 2 N–H and O–H groups in total. The zero-order valence-electron chi connectivity index (χ0n) is 15.7. The SMILES string of the molecule is CCN(CC)S(=O)(=O)c1ccc(O)c(NC(=O)C2CC2c2ccc(Br)cc2)c1. The van der Waals surface area contributed by atoms with Crippen LogP contribution < -0.4 is 5.32 Å². The molecule has 3 rings (SSSR count). The summed E-state index contributed by atoms with van der Waals surface area (Å²) >= 11 is 3.39. The van der Waals surface area contributed by atoms with Gasteiger partial charge in [0.25, 0.3) is 0 Å². The Hall–Kier alpha value is -1.90. The van der Waals surface area contributed by atoms with Gasteiger partial charge in [-0.3, -0.25) is 4.79 Å². The third kappa shape index (κ3) is 4.24. The fourth-order valence-corrected chi connectivity index (χ4v) is 5.03. The van der Waals surface area contributed by atoms with Crippen LogP contribution in [-0.2, 0) is 14.8 Å². The Morgan fingerprint density at radius 1 is 1.18 bits per heavy atom. The van der Waals surface area contributed by atoms with E-state index in [2.05, 4.69) is 21.2 Å². The number of phenols is 1. The highest BCUT2D eigenvalue weighted by molar-refractivity contribution is 9.10. The lowest BCUT2D eigenvalue weighted by atomic mass is 10.1. The number of nitrogens with one attached hydrogen (secondary N) is 1. The molecule has 0 radical (unpaired) electrons. The lowest BCUT2D eigenvalue weighted by Gasteiger charge is -2.19. The first kappa shape index (κ1) is 20.8. The van der Waals surface area contributed by atoms with Crippen molar-refractivity contribution in [2.45, 2.75) is 31.1 Å². The highest BCUT2D eigenvalue weighted by Crippen LogP contribution is 2.48. The molecule has 6 nitrogen and oxygen atoms in total. The van der Waals surface area contributed by atoms with E-state index in [0.29, 0.717) is 13.1 Å². The topological polar surface area (TPSA) is 86.7 Å². The molecule has 1 saturated carbocycles. The van der Waals surface area contributed by atoms with Crippen molar-refractivity contribution < 1.29 is 18.3 Å².